The number of rotatable bonds is 0. The Morgan fingerprint density at radius 3 is 3.31 bits per heavy atom. The van der Waals surface area contributed by atoms with Crippen molar-refractivity contribution in [3.8, 4) is 0 Å². The molecule has 0 spiro atoms. The van der Waals surface area contributed by atoms with E-state index in [-0.39, 0.29) is 5.41 Å². The summed E-state index contributed by atoms with van der Waals surface area (Å²) in [5.41, 5.74) is 0.121. The highest BCUT2D eigenvalue weighted by Crippen LogP contribution is 2.39. The molecular weight excluding hydrogens is 164 g/mol. The molecule has 0 aromatic heterocycles. The molecule has 0 N–H and O–H groups in total. The Balaban J connectivity index is 2.21. The molecule has 1 aliphatic heterocycles. The number of ether oxygens (including phenoxy) is 1. The minimum atomic E-state index is 0.121. The molecule has 2 rings (SSSR count). The molecule has 1 aliphatic carbocycles. The molecule has 13 heavy (non-hydrogen) atoms. The molecule has 2 aliphatic rings. The average molecular weight is 180 g/mol. The summed E-state index contributed by atoms with van der Waals surface area (Å²) in [4.78, 5) is 11.4. The molecule has 0 aromatic rings. The molecule has 2 heteroatoms. The van der Waals surface area contributed by atoms with E-state index < -0.39 is 0 Å². The van der Waals surface area contributed by atoms with Crippen molar-refractivity contribution in [3.05, 3.63) is 12.2 Å². The summed E-state index contributed by atoms with van der Waals surface area (Å²) in [5, 5.41) is 0. The lowest BCUT2D eigenvalue weighted by Crippen LogP contribution is -2.26. The van der Waals surface area contributed by atoms with Gasteiger partial charge in [-0.15, -0.1) is 0 Å². The number of Topliss-reactive ketones (excluding diaryl/α,β-unsaturated/α-hetero) is 1. The van der Waals surface area contributed by atoms with E-state index in [0.717, 1.165) is 19.6 Å². The van der Waals surface area contributed by atoms with E-state index in [9.17, 15) is 4.79 Å². The highest BCUT2D eigenvalue weighted by molar-refractivity contribution is 5.79. The van der Waals surface area contributed by atoms with Crippen LogP contribution >= 0.6 is 0 Å². The third-order valence-electron chi connectivity index (χ3n) is 3.23. The van der Waals surface area contributed by atoms with Crippen molar-refractivity contribution in [1.29, 1.82) is 0 Å². The zero-order chi connectivity index (χ0) is 9.31. The van der Waals surface area contributed by atoms with E-state index in [1.807, 2.05) is 0 Å². The molecule has 0 saturated carbocycles. The number of carbonyl (C=O) groups is 1. The summed E-state index contributed by atoms with van der Waals surface area (Å²) in [7, 11) is 0. The number of carbonyl (C=O) groups excluding carboxylic acids is 1. The first-order chi connectivity index (χ1) is 6.21. The van der Waals surface area contributed by atoms with E-state index in [1.165, 1.54) is 0 Å². The molecule has 2 atom stereocenters. The van der Waals surface area contributed by atoms with Gasteiger partial charge in [-0.2, -0.15) is 0 Å². The molecule has 0 bridgehead atoms. The van der Waals surface area contributed by atoms with Crippen molar-refractivity contribution in [2.24, 2.45) is 11.3 Å². The summed E-state index contributed by atoms with van der Waals surface area (Å²) < 4.78 is 5.45. The van der Waals surface area contributed by atoms with Gasteiger partial charge in [0.05, 0.1) is 13.2 Å². The van der Waals surface area contributed by atoms with Crippen LogP contribution in [0.4, 0.5) is 0 Å². The summed E-state index contributed by atoms with van der Waals surface area (Å²) in [6, 6.07) is 0. The molecule has 72 valence electrons. The Bertz CT molecular complexity index is 244. The second-order valence-corrected chi connectivity index (χ2v) is 4.40. The molecule has 0 amide bonds. The van der Waals surface area contributed by atoms with Gasteiger partial charge in [-0.05, 0) is 6.42 Å². The minimum absolute atomic E-state index is 0.121. The predicted molar refractivity (Wildman–Crippen MR) is 50.4 cm³/mol. The lowest BCUT2D eigenvalue weighted by Gasteiger charge is -2.26. The molecule has 0 radical (unpaired) electrons. The van der Waals surface area contributed by atoms with E-state index in [2.05, 4.69) is 19.1 Å². The highest BCUT2D eigenvalue weighted by Gasteiger charge is 2.39. The zero-order valence-corrected chi connectivity index (χ0v) is 8.08. The monoisotopic (exact) mass is 180 g/mol. The SMILES string of the molecule is C[C@]12/C=C\CCC(=O)C[C@H]1COC2. The van der Waals surface area contributed by atoms with Crippen LogP contribution in [0.1, 0.15) is 26.2 Å². The summed E-state index contributed by atoms with van der Waals surface area (Å²) >= 11 is 0. The third kappa shape index (κ3) is 1.68. The molecule has 0 aromatic carbocycles. The Kier molecular flexibility index (Phi) is 2.24. The summed E-state index contributed by atoms with van der Waals surface area (Å²) in [6.45, 7) is 3.73. The number of allylic oxidation sites excluding steroid dienone is 1. The van der Waals surface area contributed by atoms with Gasteiger partial charge in [0.2, 0.25) is 0 Å². The van der Waals surface area contributed by atoms with Crippen LogP contribution in [0.25, 0.3) is 0 Å². The van der Waals surface area contributed by atoms with Gasteiger partial charge < -0.3 is 4.74 Å². The van der Waals surface area contributed by atoms with Crippen molar-refractivity contribution in [1.82, 2.24) is 0 Å². The van der Waals surface area contributed by atoms with Crippen LogP contribution in [0.15, 0.2) is 12.2 Å². The van der Waals surface area contributed by atoms with E-state index >= 15 is 0 Å². The Morgan fingerprint density at radius 1 is 1.62 bits per heavy atom. The smallest absolute Gasteiger partial charge is 0.133 e. The van der Waals surface area contributed by atoms with Crippen molar-refractivity contribution in [3.63, 3.8) is 0 Å². The number of hydrogen-bond acceptors (Lipinski definition) is 2. The number of hydrogen-bond donors (Lipinski definition) is 0. The van der Waals surface area contributed by atoms with Crippen molar-refractivity contribution >= 4 is 5.78 Å². The van der Waals surface area contributed by atoms with Crippen molar-refractivity contribution < 1.29 is 9.53 Å². The minimum Gasteiger partial charge on any atom is -0.380 e. The first-order valence-electron chi connectivity index (χ1n) is 4.98. The van der Waals surface area contributed by atoms with Gasteiger partial charge in [0.15, 0.2) is 0 Å². The summed E-state index contributed by atoms with van der Waals surface area (Å²) in [5.74, 6) is 0.808. The molecule has 1 saturated heterocycles. The summed E-state index contributed by atoms with van der Waals surface area (Å²) in [6.07, 6.45) is 6.71. The Hall–Kier alpha value is -0.630. The van der Waals surface area contributed by atoms with Gasteiger partial charge in [0.25, 0.3) is 0 Å². The largest absolute Gasteiger partial charge is 0.380 e. The van der Waals surface area contributed by atoms with Gasteiger partial charge in [-0.1, -0.05) is 19.1 Å². The maximum atomic E-state index is 11.4. The van der Waals surface area contributed by atoms with Gasteiger partial charge >= 0.3 is 0 Å². The quantitative estimate of drug-likeness (QED) is 0.532. The van der Waals surface area contributed by atoms with Gasteiger partial charge in [0, 0.05) is 24.2 Å². The molecule has 1 fully saturated rings. The third-order valence-corrected chi connectivity index (χ3v) is 3.23. The van der Waals surface area contributed by atoms with Gasteiger partial charge in [-0.3, -0.25) is 4.79 Å². The fourth-order valence-corrected chi connectivity index (χ4v) is 2.18. The van der Waals surface area contributed by atoms with E-state index in [0.29, 0.717) is 24.5 Å². The lowest BCUT2D eigenvalue weighted by atomic mass is 9.75. The van der Waals surface area contributed by atoms with Crippen molar-refractivity contribution in [2.45, 2.75) is 26.2 Å². The average Bonchev–Trinajstić information content (AvgIpc) is 2.39. The van der Waals surface area contributed by atoms with Gasteiger partial charge in [0.1, 0.15) is 5.78 Å². The molecule has 1 heterocycles. The van der Waals surface area contributed by atoms with Crippen LogP contribution in [0.3, 0.4) is 0 Å². The van der Waals surface area contributed by atoms with Crippen LogP contribution in [0.5, 0.6) is 0 Å². The van der Waals surface area contributed by atoms with Crippen LogP contribution < -0.4 is 0 Å². The standard InChI is InChI=1S/C11H16O2/c1-11-5-3-2-4-10(12)6-9(11)7-13-8-11/h3,5,9H,2,4,6-8H2,1H3/b5-3-/t9-,11+/m0/s1. The van der Waals surface area contributed by atoms with E-state index in [1.54, 1.807) is 0 Å². The fourth-order valence-electron chi connectivity index (χ4n) is 2.18. The van der Waals surface area contributed by atoms with E-state index in [4.69, 9.17) is 4.74 Å². The topological polar surface area (TPSA) is 26.3 Å². The predicted octanol–water partition coefficient (Wildman–Crippen LogP) is 1.95. The second-order valence-electron chi connectivity index (χ2n) is 4.40. The highest BCUT2D eigenvalue weighted by atomic mass is 16.5. The lowest BCUT2D eigenvalue weighted by molar-refractivity contribution is -0.120. The second kappa shape index (κ2) is 3.26. The Morgan fingerprint density at radius 2 is 2.46 bits per heavy atom. The fraction of sp³-hybridized carbons (Fsp3) is 0.727. The van der Waals surface area contributed by atoms with Crippen molar-refractivity contribution in [2.75, 3.05) is 13.2 Å². The van der Waals surface area contributed by atoms with Crippen LogP contribution in [0.2, 0.25) is 0 Å². The molecule has 0 unspecified atom stereocenters. The Labute approximate surface area is 79.0 Å². The van der Waals surface area contributed by atoms with Gasteiger partial charge in [-0.25, -0.2) is 0 Å². The maximum Gasteiger partial charge on any atom is 0.133 e. The van der Waals surface area contributed by atoms with Crippen LogP contribution in [-0.2, 0) is 9.53 Å². The normalized spacial score (nSPS) is 42.2. The molecular formula is C11H16O2. The maximum absolute atomic E-state index is 11.4. The number of ketones is 1. The van der Waals surface area contributed by atoms with Crippen LogP contribution in [0, 0.1) is 11.3 Å². The molecule has 2 nitrogen and oxygen atoms in total. The van der Waals surface area contributed by atoms with Crippen LogP contribution in [-0.4, -0.2) is 19.0 Å². The number of fused-ring (bicyclic) bond motifs is 1. The zero-order valence-electron chi connectivity index (χ0n) is 8.08. The first-order valence-corrected chi connectivity index (χ1v) is 4.98. The first kappa shape index (κ1) is 8.95.